The first-order chi connectivity index (χ1) is 9.09. The van der Waals surface area contributed by atoms with Gasteiger partial charge in [-0.3, -0.25) is 0 Å². The quantitative estimate of drug-likeness (QED) is 0.573. The number of rotatable bonds is 7. The van der Waals surface area contributed by atoms with E-state index in [0.717, 1.165) is 12.0 Å². The highest BCUT2D eigenvalue weighted by atomic mass is 16.4. The zero-order valence-corrected chi connectivity index (χ0v) is 10.5. The van der Waals surface area contributed by atoms with Crippen LogP contribution in [-0.2, 0) is 11.2 Å². The Balaban J connectivity index is 2.10. The minimum Gasteiger partial charge on any atom is -0.479 e. The van der Waals surface area contributed by atoms with Gasteiger partial charge in [0.2, 0.25) is 0 Å². The molecule has 19 heavy (non-hydrogen) atoms. The second kappa shape index (κ2) is 8.10. The van der Waals surface area contributed by atoms with Gasteiger partial charge >= 0.3 is 12.0 Å². The number of aliphatic hydroxyl groups is 1. The van der Waals surface area contributed by atoms with E-state index < -0.39 is 12.1 Å². The molecule has 6 nitrogen and oxygen atoms in total. The van der Waals surface area contributed by atoms with E-state index in [0.29, 0.717) is 6.54 Å². The monoisotopic (exact) mass is 266 g/mol. The smallest absolute Gasteiger partial charge is 0.332 e. The molecule has 0 spiro atoms. The van der Waals surface area contributed by atoms with Gasteiger partial charge in [-0.25, -0.2) is 9.59 Å². The van der Waals surface area contributed by atoms with Crippen LogP contribution in [0.4, 0.5) is 4.79 Å². The second-order valence-corrected chi connectivity index (χ2v) is 4.06. The van der Waals surface area contributed by atoms with Crippen molar-refractivity contribution in [3.05, 3.63) is 35.9 Å². The van der Waals surface area contributed by atoms with Gasteiger partial charge in [-0.1, -0.05) is 30.3 Å². The number of aliphatic carboxylic acids is 1. The van der Waals surface area contributed by atoms with Gasteiger partial charge < -0.3 is 20.8 Å². The largest absolute Gasteiger partial charge is 0.479 e. The molecule has 0 saturated heterocycles. The van der Waals surface area contributed by atoms with Crippen LogP contribution in [0, 0.1) is 0 Å². The van der Waals surface area contributed by atoms with Crippen LogP contribution < -0.4 is 10.6 Å². The number of amides is 2. The topological polar surface area (TPSA) is 98.7 Å². The van der Waals surface area contributed by atoms with Gasteiger partial charge in [-0.05, 0) is 12.0 Å². The molecule has 0 unspecified atom stereocenters. The van der Waals surface area contributed by atoms with E-state index in [1.54, 1.807) is 0 Å². The molecule has 0 aromatic heterocycles. The third-order valence-electron chi connectivity index (χ3n) is 2.53. The zero-order chi connectivity index (χ0) is 14.1. The van der Waals surface area contributed by atoms with Crippen molar-refractivity contribution in [1.29, 1.82) is 0 Å². The molecule has 1 aromatic rings. The first-order valence-corrected chi connectivity index (χ1v) is 6.06. The lowest BCUT2D eigenvalue weighted by atomic mass is 10.1. The van der Waals surface area contributed by atoms with E-state index >= 15 is 0 Å². The third kappa shape index (κ3) is 6.42. The number of hydrogen-bond donors (Lipinski definition) is 4. The average Bonchev–Trinajstić information content (AvgIpc) is 2.39. The molecule has 0 saturated carbocycles. The van der Waals surface area contributed by atoms with Crippen molar-refractivity contribution >= 4 is 12.0 Å². The number of carboxylic acids is 1. The third-order valence-corrected chi connectivity index (χ3v) is 2.53. The van der Waals surface area contributed by atoms with Gasteiger partial charge in [0.05, 0.1) is 0 Å². The standard InChI is InChI=1S/C13H18N2O4/c16-11(12(17)18)7-9-15-13(19)14-8-6-10-4-2-1-3-5-10/h1-5,11,16H,6-9H2,(H,17,18)(H2,14,15,19)/t11-/m0/s1. The molecule has 1 atom stereocenters. The summed E-state index contributed by atoms with van der Waals surface area (Å²) in [5, 5.41) is 22.6. The lowest BCUT2D eigenvalue weighted by Gasteiger charge is -2.09. The number of aliphatic hydroxyl groups excluding tert-OH is 1. The van der Waals surface area contributed by atoms with Gasteiger partial charge in [0.25, 0.3) is 0 Å². The van der Waals surface area contributed by atoms with Crippen molar-refractivity contribution in [1.82, 2.24) is 10.6 Å². The van der Waals surface area contributed by atoms with Crippen LogP contribution in [0.2, 0.25) is 0 Å². The summed E-state index contributed by atoms with van der Waals surface area (Å²) in [7, 11) is 0. The number of nitrogens with one attached hydrogen (secondary N) is 2. The van der Waals surface area contributed by atoms with Crippen LogP contribution in [0.5, 0.6) is 0 Å². The summed E-state index contributed by atoms with van der Waals surface area (Å²) in [6.07, 6.45) is -0.724. The number of carboxylic acid groups (broad SMARTS) is 1. The highest BCUT2D eigenvalue weighted by molar-refractivity contribution is 5.74. The van der Waals surface area contributed by atoms with Crippen molar-refractivity contribution < 1.29 is 19.8 Å². The van der Waals surface area contributed by atoms with E-state index in [9.17, 15) is 9.59 Å². The molecule has 0 heterocycles. The maximum Gasteiger partial charge on any atom is 0.332 e. The highest BCUT2D eigenvalue weighted by Crippen LogP contribution is 1.97. The Labute approximate surface area is 111 Å². The number of carbonyl (C=O) groups excluding carboxylic acids is 1. The first kappa shape index (κ1) is 15.0. The Morgan fingerprint density at radius 3 is 2.37 bits per heavy atom. The molecule has 4 N–H and O–H groups in total. The van der Waals surface area contributed by atoms with Crippen molar-refractivity contribution in [3.63, 3.8) is 0 Å². The van der Waals surface area contributed by atoms with Crippen LogP contribution in [0.25, 0.3) is 0 Å². The Hall–Kier alpha value is -2.08. The van der Waals surface area contributed by atoms with Crippen molar-refractivity contribution in [2.45, 2.75) is 18.9 Å². The van der Waals surface area contributed by atoms with Gasteiger partial charge in [0.1, 0.15) is 0 Å². The second-order valence-electron chi connectivity index (χ2n) is 4.06. The minimum absolute atomic E-state index is 0.0125. The fourth-order valence-electron chi connectivity index (χ4n) is 1.47. The Morgan fingerprint density at radius 2 is 1.74 bits per heavy atom. The molecule has 104 valence electrons. The van der Waals surface area contributed by atoms with E-state index in [1.165, 1.54) is 0 Å². The summed E-state index contributed by atoms with van der Waals surface area (Å²) >= 11 is 0. The lowest BCUT2D eigenvalue weighted by Crippen LogP contribution is -2.38. The minimum atomic E-state index is -1.44. The van der Waals surface area contributed by atoms with Crippen LogP contribution in [-0.4, -0.2) is 41.4 Å². The molecule has 0 radical (unpaired) electrons. The maximum absolute atomic E-state index is 11.3. The summed E-state index contributed by atoms with van der Waals surface area (Å²) in [5.41, 5.74) is 1.13. The van der Waals surface area contributed by atoms with Crippen LogP contribution >= 0.6 is 0 Å². The van der Waals surface area contributed by atoms with Crippen molar-refractivity contribution in [2.24, 2.45) is 0 Å². The van der Waals surface area contributed by atoms with Crippen LogP contribution in [0.3, 0.4) is 0 Å². The Morgan fingerprint density at radius 1 is 1.11 bits per heavy atom. The van der Waals surface area contributed by atoms with Crippen molar-refractivity contribution in [3.8, 4) is 0 Å². The molecule has 0 aliphatic heterocycles. The fraction of sp³-hybridized carbons (Fsp3) is 0.385. The molecule has 0 bridgehead atoms. The van der Waals surface area contributed by atoms with Gasteiger partial charge in [-0.2, -0.15) is 0 Å². The van der Waals surface area contributed by atoms with E-state index in [1.807, 2.05) is 30.3 Å². The molecule has 1 rings (SSSR count). The average molecular weight is 266 g/mol. The highest BCUT2D eigenvalue weighted by Gasteiger charge is 2.12. The van der Waals surface area contributed by atoms with Gasteiger partial charge in [-0.15, -0.1) is 0 Å². The van der Waals surface area contributed by atoms with Gasteiger partial charge in [0, 0.05) is 19.5 Å². The summed E-state index contributed by atoms with van der Waals surface area (Å²) in [6.45, 7) is 0.613. The fourth-order valence-corrected chi connectivity index (χ4v) is 1.47. The van der Waals surface area contributed by atoms with E-state index in [4.69, 9.17) is 10.2 Å². The molecule has 2 amide bonds. The number of hydrogen-bond acceptors (Lipinski definition) is 3. The summed E-state index contributed by atoms with van der Waals surface area (Å²) in [4.78, 5) is 21.7. The Bertz CT molecular complexity index is 408. The van der Waals surface area contributed by atoms with Crippen LogP contribution in [0.15, 0.2) is 30.3 Å². The SMILES string of the molecule is O=C(NCCc1ccccc1)NCC[C@H](O)C(=O)O. The van der Waals surface area contributed by atoms with Gasteiger partial charge in [0.15, 0.2) is 6.10 Å². The summed E-state index contributed by atoms with van der Waals surface area (Å²) < 4.78 is 0. The zero-order valence-electron chi connectivity index (χ0n) is 10.5. The van der Waals surface area contributed by atoms with E-state index in [2.05, 4.69) is 10.6 Å². The Kier molecular flexibility index (Phi) is 6.38. The van der Waals surface area contributed by atoms with E-state index in [-0.39, 0.29) is 19.0 Å². The van der Waals surface area contributed by atoms with Crippen molar-refractivity contribution in [2.75, 3.05) is 13.1 Å². The number of carbonyl (C=O) groups is 2. The van der Waals surface area contributed by atoms with Crippen LogP contribution in [0.1, 0.15) is 12.0 Å². The molecule has 0 aliphatic carbocycles. The predicted molar refractivity (Wildman–Crippen MR) is 69.8 cm³/mol. The summed E-state index contributed by atoms with van der Waals surface area (Å²) in [5.74, 6) is -1.29. The molecule has 1 aromatic carbocycles. The molecular weight excluding hydrogens is 248 g/mol. The lowest BCUT2D eigenvalue weighted by molar-refractivity contribution is -0.146. The normalized spacial score (nSPS) is 11.6. The first-order valence-electron chi connectivity index (χ1n) is 6.06. The number of urea groups is 1. The molecule has 0 aliphatic rings. The summed E-state index contributed by atoms with van der Waals surface area (Å²) in [6, 6.07) is 9.38. The molecule has 0 fully saturated rings. The molecular formula is C13H18N2O4. The molecule has 6 heteroatoms. The predicted octanol–water partition coefficient (Wildman–Crippen LogP) is 0.364. The number of benzene rings is 1. The maximum atomic E-state index is 11.3.